The minimum Gasteiger partial charge on any atom is -0.348 e. The van der Waals surface area contributed by atoms with Crippen molar-refractivity contribution in [1.29, 1.82) is 0 Å². The van der Waals surface area contributed by atoms with E-state index in [2.05, 4.69) is 38.8 Å². The van der Waals surface area contributed by atoms with Gasteiger partial charge in [-0.2, -0.15) is 5.10 Å². The maximum Gasteiger partial charge on any atom is 0.253 e. The number of nitrogens with one attached hydrogen (secondary N) is 1. The van der Waals surface area contributed by atoms with Crippen LogP contribution in [0.1, 0.15) is 59.5 Å². The zero-order valence-corrected chi connectivity index (χ0v) is 15.5. The first-order valence-corrected chi connectivity index (χ1v) is 9.22. The molecule has 26 heavy (non-hydrogen) atoms. The van der Waals surface area contributed by atoms with Crippen molar-refractivity contribution in [3.8, 4) is 0 Å². The highest BCUT2D eigenvalue weighted by atomic mass is 16.1. The normalized spacial score (nSPS) is 14.1. The third-order valence-electron chi connectivity index (χ3n) is 5.01. The number of hydrogen-bond acceptors (Lipinski definition) is 4. The monoisotopic (exact) mass is 352 g/mol. The zero-order valence-electron chi connectivity index (χ0n) is 15.5. The highest BCUT2D eigenvalue weighted by Crippen LogP contribution is 2.36. The van der Waals surface area contributed by atoms with E-state index in [0.29, 0.717) is 18.2 Å². The van der Waals surface area contributed by atoms with Crippen molar-refractivity contribution in [3.05, 3.63) is 41.1 Å². The number of fused-ring (bicyclic) bond motifs is 1. The number of hydrogen-bond donors (Lipinski definition) is 1. The van der Waals surface area contributed by atoms with Gasteiger partial charge >= 0.3 is 0 Å². The van der Waals surface area contributed by atoms with E-state index in [9.17, 15) is 4.79 Å². The van der Waals surface area contributed by atoms with E-state index in [1.54, 1.807) is 6.20 Å². The first kappa shape index (κ1) is 16.8. The highest BCUT2D eigenvalue weighted by Gasteiger charge is 2.25. The Morgan fingerprint density at radius 1 is 1.31 bits per heavy atom. The second kappa shape index (κ2) is 6.55. The lowest BCUT2D eigenvalue weighted by Crippen LogP contribution is -2.23. The lowest BCUT2D eigenvalue weighted by atomic mass is 10.2. The Hall–Kier alpha value is -2.70. The second-order valence-electron chi connectivity index (χ2n) is 7.00. The van der Waals surface area contributed by atoms with Gasteiger partial charge in [-0.05, 0) is 39.2 Å². The molecule has 1 aliphatic rings. The summed E-state index contributed by atoms with van der Waals surface area (Å²) in [6, 6.07) is 2.34. The van der Waals surface area contributed by atoms with Gasteiger partial charge in [-0.1, -0.05) is 6.92 Å². The Kier molecular flexibility index (Phi) is 4.22. The van der Waals surface area contributed by atoms with Gasteiger partial charge < -0.3 is 9.88 Å². The summed E-state index contributed by atoms with van der Waals surface area (Å²) >= 11 is 0. The fourth-order valence-electron chi connectivity index (χ4n) is 3.35. The standard InChI is InChI=1S/C19H24N6O/c1-4-7-25-13(3)16(12(2)23-25)10-21-19(26)14-8-17-18(20-9-14)24(11-22-17)15-5-6-15/h8-9,11,15H,4-7,10H2,1-3H3,(H,21,26). The number of nitrogens with zero attached hydrogens (tertiary/aromatic N) is 5. The number of rotatable bonds is 6. The van der Waals surface area contributed by atoms with E-state index in [0.717, 1.165) is 41.1 Å². The van der Waals surface area contributed by atoms with Crippen LogP contribution in [0.2, 0.25) is 0 Å². The van der Waals surface area contributed by atoms with Crippen molar-refractivity contribution < 1.29 is 4.79 Å². The smallest absolute Gasteiger partial charge is 0.253 e. The number of pyridine rings is 1. The number of aryl methyl sites for hydroxylation is 2. The van der Waals surface area contributed by atoms with E-state index in [-0.39, 0.29) is 5.91 Å². The third-order valence-corrected chi connectivity index (χ3v) is 5.01. The average Bonchev–Trinajstić information content (AvgIpc) is 3.33. The fraction of sp³-hybridized carbons (Fsp3) is 0.474. The predicted molar refractivity (Wildman–Crippen MR) is 99.0 cm³/mol. The van der Waals surface area contributed by atoms with E-state index in [1.165, 1.54) is 12.8 Å². The Balaban J connectivity index is 1.49. The molecule has 7 heteroatoms. The topological polar surface area (TPSA) is 77.6 Å². The number of imidazole rings is 1. The molecule has 0 bridgehead atoms. The molecule has 1 N–H and O–H groups in total. The summed E-state index contributed by atoms with van der Waals surface area (Å²) in [6.45, 7) is 7.53. The molecule has 1 aliphatic carbocycles. The van der Waals surface area contributed by atoms with Crippen molar-refractivity contribution in [2.24, 2.45) is 0 Å². The summed E-state index contributed by atoms with van der Waals surface area (Å²) < 4.78 is 4.11. The van der Waals surface area contributed by atoms with Crippen molar-refractivity contribution in [1.82, 2.24) is 29.6 Å². The Morgan fingerprint density at radius 3 is 2.85 bits per heavy atom. The Labute approximate surface area is 152 Å². The van der Waals surface area contributed by atoms with Crippen LogP contribution < -0.4 is 5.32 Å². The maximum absolute atomic E-state index is 12.6. The molecule has 3 aromatic heterocycles. The molecule has 136 valence electrons. The van der Waals surface area contributed by atoms with Gasteiger partial charge in [-0.15, -0.1) is 0 Å². The van der Waals surface area contributed by atoms with Crippen LogP contribution >= 0.6 is 0 Å². The van der Waals surface area contributed by atoms with Gasteiger partial charge in [-0.3, -0.25) is 9.48 Å². The quantitative estimate of drug-likeness (QED) is 0.740. The van der Waals surface area contributed by atoms with Gasteiger partial charge in [0.1, 0.15) is 5.52 Å². The number of carbonyl (C=O) groups excluding carboxylic acids is 1. The molecule has 0 spiro atoms. The largest absolute Gasteiger partial charge is 0.348 e. The summed E-state index contributed by atoms with van der Waals surface area (Å²) in [6.07, 6.45) is 6.86. The first-order valence-electron chi connectivity index (χ1n) is 9.22. The van der Waals surface area contributed by atoms with Crippen molar-refractivity contribution in [2.75, 3.05) is 0 Å². The molecular formula is C19H24N6O. The summed E-state index contributed by atoms with van der Waals surface area (Å²) in [5, 5.41) is 7.55. The van der Waals surface area contributed by atoms with Crippen LogP contribution in [-0.2, 0) is 13.1 Å². The van der Waals surface area contributed by atoms with Crippen LogP contribution in [0.15, 0.2) is 18.6 Å². The molecule has 0 unspecified atom stereocenters. The van der Waals surface area contributed by atoms with Crippen molar-refractivity contribution in [3.63, 3.8) is 0 Å². The van der Waals surface area contributed by atoms with Crippen molar-refractivity contribution in [2.45, 2.75) is 59.2 Å². The minimum atomic E-state index is -0.137. The third kappa shape index (κ3) is 2.98. The molecule has 1 saturated carbocycles. The molecule has 1 fully saturated rings. The zero-order chi connectivity index (χ0) is 18.3. The van der Waals surface area contributed by atoms with Crippen molar-refractivity contribution >= 4 is 17.1 Å². The van der Waals surface area contributed by atoms with Gasteiger partial charge in [0, 0.05) is 36.6 Å². The summed E-state index contributed by atoms with van der Waals surface area (Å²) in [4.78, 5) is 21.4. The first-order chi connectivity index (χ1) is 12.6. The number of carbonyl (C=O) groups is 1. The van der Waals surface area contributed by atoms with Crippen LogP contribution in [-0.4, -0.2) is 30.2 Å². The maximum atomic E-state index is 12.6. The van der Waals surface area contributed by atoms with Crippen LogP contribution in [0.5, 0.6) is 0 Å². The fourth-order valence-corrected chi connectivity index (χ4v) is 3.35. The van der Waals surface area contributed by atoms with Crippen LogP contribution in [0.3, 0.4) is 0 Å². The predicted octanol–water partition coefficient (Wildman–Crippen LogP) is 2.92. The molecule has 7 nitrogen and oxygen atoms in total. The van der Waals surface area contributed by atoms with E-state index >= 15 is 0 Å². The molecule has 0 saturated heterocycles. The van der Waals surface area contributed by atoms with E-state index in [4.69, 9.17) is 0 Å². The summed E-state index contributed by atoms with van der Waals surface area (Å²) in [5.74, 6) is -0.137. The molecular weight excluding hydrogens is 328 g/mol. The molecule has 0 radical (unpaired) electrons. The molecule has 0 atom stereocenters. The second-order valence-corrected chi connectivity index (χ2v) is 7.00. The Bertz CT molecular complexity index is 966. The van der Waals surface area contributed by atoms with E-state index in [1.807, 2.05) is 24.0 Å². The molecule has 3 heterocycles. The Morgan fingerprint density at radius 2 is 2.12 bits per heavy atom. The average molecular weight is 352 g/mol. The molecule has 0 aliphatic heterocycles. The van der Waals surface area contributed by atoms with Gasteiger partial charge in [0.15, 0.2) is 5.65 Å². The lowest BCUT2D eigenvalue weighted by Gasteiger charge is -2.07. The van der Waals surface area contributed by atoms with Gasteiger partial charge in [0.25, 0.3) is 5.91 Å². The number of amides is 1. The number of aromatic nitrogens is 5. The lowest BCUT2D eigenvalue weighted by molar-refractivity contribution is 0.0950. The summed E-state index contributed by atoms with van der Waals surface area (Å²) in [5.41, 5.74) is 5.33. The van der Waals surface area contributed by atoms with Crippen LogP contribution in [0.4, 0.5) is 0 Å². The molecule has 0 aromatic carbocycles. The summed E-state index contributed by atoms with van der Waals surface area (Å²) in [7, 11) is 0. The minimum absolute atomic E-state index is 0.137. The molecule has 3 aromatic rings. The molecule has 4 rings (SSSR count). The SMILES string of the molecule is CCCn1nc(C)c(CNC(=O)c2cnc3c(c2)ncn3C2CC2)c1C. The van der Waals surface area contributed by atoms with Crippen LogP contribution in [0.25, 0.3) is 11.2 Å². The molecule has 1 amide bonds. The van der Waals surface area contributed by atoms with Gasteiger partial charge in [0.2, 0.25) is 0 Å². The van der Waals surface area contributed by atoms with Gasteiger partial charge in [0.05, 0.1) is 17.6 Å². The van der Waals surface area contributed by atoms with E-state index < -0.39 is 0 Å². The highest BCUT2D eigenvalue weighted by molar-refractivity contribution is 5.96. The van der Waals surface area contributed by atoms with Crippen LogP contribution in [0, 0.1) is 13.8 Å². The van der Waals surface area contributed by atoms with Gasteiger partial charge in [-0.25, -0.2) is 9.97 Å².